The van der Waals surface area contributed by atoms with Crippen LogP contribution in [0, 0.1) is 5.82 Å². The van der Waals surface area contributed by atoms with Gasteiger partial charge in [0.1, 0.15) is 5.82 Å². The molecule has 0 aliphatic rings. The Hall–Kier alpha value is -2.96. The van der Waals surface area contributed by atoms with Crippen LogP contribution >= 0.6 is 0 Å². The third-order valence-electron chi connectivity index (χ3n) is 3.00. The Morgan fingerprint density at radius 1 is 1.23 bits per heavy atom. The highest BCUT2D eigenvalue weighted by Gasteiger charge is 2.23. The number of benzene rings is 1. The fourth-order valence-corrected chi connectivity index (χ4v) is 1.78. The van der Waals surface area contributed by atoms with E-state index in [0.29, 0.717) is 0 Å². The van der Waals surface area contributed by atoms with Crippen molar-refractivity contribution in [3.8, 4) is 0 Å². The molecule has 1 unspecified atom stereocenters. The summed E-state index contributed by atoms with van der Waals surface area (Å²) in [6, 6.07) is 7.30. The van der Waals surface area contributed by atoms with Gasteiger partial charge in [-0.25, -0.2) is 9.18 Å². The van der Waals surface area contributed by atoms with Gasteiger partial charge < -0.3 is 15.0 Å². The van der Waals surface area contributed by atoms with Gasteiger partial charge in [-0.1, -0.05) is 12.1 Å². The SMILES string of the molecule is Cn1ccc(C(=O)OC(C(N)=O)c2ccc(F)cc2)cc1=O. The number of aromatic nitrogens is 1. The molecule has 22 heavy (non-hydrogen) atoms. The number of carbonyl (C=O) groups excluding carboxylic acids is 2. The average Bonchev–Trinajstić information content (AvgIpc) is 2.48. The lowest BCUT2D eigenvalue weighted by Crippen LogP contribution is -2.27. The normalized spacial score (nSPS) is 11.7. The van der Waals surface area contributed by atoms with E-state index in [4.69, 9.17) is 10.5 Å². The summed E-state index contributed by atoms with van der Waals surface area (Å²) in [5.74, 6) is -2.26. The van der Waals surface area contributed by atoms with Gasteiger partial charge in [-0.15, -0.1) is 0 Å². The number of halogens is 1. The molecule has 6 nitrogen and oxygen atoms in total. The van der Waals surface area contributed by atoms with Gasteiger partial charge in [-0.2, -0.15) is 0 Å². The van der Waals surface area contributed by atoms with Gasteiger partial charge in [0.25, 0.3) is 11.5 Å². The Bertz CT molecular complexity index is 768. The second-order valence-electron chi connectivity index (χ2n) is 4.60. The first-order valence-corrected chi connectivity index (χ1v) is 6.31. The predicted molar refractivity (Wildman–Crippen MR) is 75.4 cm³/mol. The molecule has 2 N–H and O–H groups in total. The molecule has 0 fully saturated rings. The minimum Gasteiger partial charge on any atom is -0.444 e. The van der Waals surface area contributed by atoms with Crippen molar-refractivity contribution in [2.24, 2.45) is 12.8 Å². The number of primary amides is 1. The number of hydrogen-bond acceptors (Lipinski definition) is 4. The van der Waals surface area contributed by atoms with E-state index in [2.05, 4.69) is 0 Å². The van der Waals surface area contributed by atoms with E-state index in [1.54, 1.807) is 0 Å². The van der Waals surface area contributed by atoms with Crippen LogP contribution in [0.4, 0.5) is 4.39 Å². The van der Waals surface area contributed by atoms with Crippen LogP contribution in [0.15, 0.2) is 47.4 Å². The van der Waals surface area contributed by atoms with E-state index in [1.807, 2.05) is 0 Å². The van der Waals surface area contributed by atoms with Crippen LogP contribution in [0.1, 0.15) is 22.0 Å². The lowest BCUT2D eigenvalue weighted by molar-refractivity contribution is -0.127. The molecule has 1 atom stereocenters. The molecule has 1 aromatic heterocycles. The monoisotopic (exact) mass is 304 g/mol. The number of esters is 1. The number of nitrogens with zero attached hydrogens (tertiary/aromatic N) is 1. The number of aryl methyl sites for hydroxylation is 1. The second kappa shape index (κ2) is 6.21. The first-order chi connectivity index (χ1) is 10.4. The van der Waals surface area contributed by atoms with Gasteiger partial charge in [-0.05, 0) is 18.2 Å². The molecular weight excluding hydrogens is 291 g/mol. The lowest BCUT2D eigenvalue weighted by atomic mass is 10.1. The Kier molecular flexibility index (Phi) is 4.36. The van der Waals surface area contributed by atoms with Crippen molar-refractivity contribution < 1.29 is 18.7 Å². The van der Waals surface area contributed by atoms with Crippen LogP contribution in [0.5, 0.6) is 0 Å². The van der Waals surface area contributed by atoms with Crippen LogP contribution < -0.4 is 11.3 Å². The Balaban J connectivity index is 2.26. The molecule has 0 spiro atoms. The number of ether oxygens (including phenoxy) is 1. The largest absolute Gasteiger partial charge is 0.444 e. The van der Waals surface area contributed by atoms with Gasteiger partial charge in [0, 0.05) is 24.9 Å². The van der Waals surface area contributed by atoms with Crippen LogP contribution in [0.2, 0.25) is 0 Å². The number of rotatable bonds is 4. The standard InChI is InChI=1S/C15H13FN2O4/c1-18-7-6-10(8-12(18)19)15(21)22-13(14(17)20)9-2-4-11(16)5-3-9/h2-8,13H,1H3,(H2,17,20). The molecule has 2 rings (SSSR count). The Labute approximate surface area is 124 Å². The number of nitrogens with two attached hydrogens (primary N) is 1. The molecule has 0 saturated carbocycles. The molecular formula is C15H13FN2O4. The lowest BCUT2D eigenvalue weighted by Gasteiger charge is -2.15. The summed E-state index contributed by atoms with van der Waals surface area (Å²) in [4.78, 5) is 35.0. The molecule has 0 aliphatic heterocycles. The van der Waals surface area contributed by atoms with Gasteiger partial charge >= 0.3 is 5.97 Å². The summed E-state index contributed by atoms with van der Waals surface area (Å²) >= 11 is 0. The van der Waals surface area contributed by atoms with Crippen LogP contribution in [-0.2, 0) is 16.6 Å². The van der Waals surface area contributed by atoms with Crippen LogP contribution in [-0.4, -0.2) is 16.4 Å². The maximum atomic E-state index is 12.9. The number of hydrogen-bond donors (Lipinski definition) is 1. The molecule has 1 amide bonds. The molecule has 0 bridgehead atoms. The number of pyridine rings is 1. The molecule has 0 saturated heterocycles. The van der Waals surface area contributed by atoms with E-state index >= 15 is 0 Å². The predicted octanol–water partition coefficient (Wildman–Crippen LogP) is 0.908. The zero-order valence-corrected chi connectivity index (χ0v) is 11.7. The summed E-state index contributed by atoms with van der Waals surface area (Å²) in [6.07, 6.45) is 0.0352. The topological polar surface area (TPSA) is 91.4 Å². The highest BCUT2D eigenvalue weighted by Crippen LogP contribution is 2.19. The van der Waals surface area contributed by atoms with Gasteiger partial charge in [0.05, 0.1) is 5.56 Å². The van der Waals surface area contributed by atoms with Crippen molar-refractivity contribution in [1.82, 2.24) is 4.57 Å². The fraction of sp³-hybridized carbons (Fsp3) is 0.133. The van der Waals surface area contributed by atoms with Crippen molar-refractivity contribution in [1.29, 1.82) is 0 Å². The van der Waals surface area contributed by atoms with E-state index in [9.17, 15) is 18.8 Å². The quantitative estimate of drug-likeness (QED) is 0.850. The zero-order chi connectivity index (χ0) is 16.3. The first kappa shape index (κ1) is 15.4. The first-order valence-electron chi connectivity index (χ1n) is 6.31. The summed E-state index contributed by atoms with van der Waals surface area (Å²) in [6.45, 7) is 0. The molecule has 1 heterocycles. The van der Waals surface area contributed by atoms with Crippen LogP contribution in [0.25, 0.3) is 0 Å². The average molecular weight is 304 g/mol. The molecule has 2 aromatic rings. The third-order valence-corrected chi connectivity index (χ3v) is 3.00. The molecule has 7 heteroatoms. The third kappa shape index (κ3) is 3.38. The van der Waals surface area contributed by atoms with E-state index in [-0.39, 0.29) is 11.1 Å². The van der Waals surface area contributed by atoms with Crippen molar-refractivity contribution in [3.63, 3.8) is 0 Å². The zero-order valence-electron chi connectivity index (χ0n) is 11.7. The summed E-state index contributed by atoms with van der Waals surface area (Å²) in [5, 5.41) is 0. The minimum atomic E-state index is -1.36. The van der Waals surface area contributed by atoms with E-state index < -0.39 is 29.4 Å². The van der Waals surface area contributed by atoms with Crippen LogP contribution in [0.3, 0.4) is 0 Å². The number of carbonyl (C=O) groups is 2. The maximum Gasteiger partial charge on any atom is 0.339 e. The van der Waals surface area contributed by atoms with Gasteiger partial charge in [0.2, 0.25) is 6.10 Å². The second-order valence-corrected chi connectivity index (χ2v) is 4.60. The van der Waals surface area contributed by atoms with Crippen molar-refractivity contribution >= 4 is 11.9 Å². The summed E-state index contributed by atoms with van der Waals surface area (Å²) in [5.41, 5.74) is 5.05. The smallest absolute Gasteiger partial charge is 0.339 e. The van der Waals surface area contributed by atoms with E-state index in [1.165, 1.54) is 36.0 Å². The highest BCUT2D eigenvalue weighted by molar-refractivity contribution is 5.92. The fourth-order valence-electron chi connectivity index (χ4n) is 1.78. The minimum absolute atomic E-state index is 0.00328. The summed E-state index contributed by atoms with van der Waals surface area (Å²) in [7, 11) is 1.53. The molecule has 114 valence electrons. The van der Waals surface area contributed by atoms with E-state index in [0.717, 1.165) is 18.2 Å². The van der Waals surface area contributed by atoms with Crippen molar-refractivity contribution in [2.45, 2.75) is 6.10 Å². The Morgan fingerprint density at radius 3 is 2.41 bits per heavy atom. The Morgan fingerprint density at radius 2 is 1.86 bits per heavy atom. The van der Waals surface area contributed by atoms with Crippen molar-refractivity contribution in [3.05, 3.63) is 69.9 Å². The van der Waals surface area contributed by atoms with Gasteiger partial charge in [0.15, 0.2) is 0 Å². The van der Waals surface area contributed by atoms with Gasteiger partial charge in [-0.3, -0.25) is 9.59 Å². The molecule has 0 aliphatic carbocycles. The van der Waals surface area contributed by atoms with Crippen molar-refractivity contribution in [2.75, 3.05) is 0 Å². The molecule has 0 radical (unpaired) electrons. The highest BCUT2D eigenvalue weighted by atomic mass is 19.1. The molecule has 1 aromatic carbocycles. The maximum absolute atomic E-state index is 12.9. The number of amides is 1. The summed E-state index contributed by atoms with van der Waals surface area (Å²) < 4.78 is 19.2.